The molecule has 0 radical (unpaired) electrons. The summed E-state index contributed by atoms with van der Waals surface area (Å²) in [6.45, 7) is 5.16. The van der Waals surface area contributed by atoms with Crippen LogP contribution >= 0.6 is 11.6 Å². The van der Waals surface area contributed by atoms with Gasteiger partial charge in [0, 0.05) is 55.7 Å². The smallest absolute Gasteiger partial charge is 0.308 e. The number of aromatic nitrogens is 5. The molecule has 0 bridgehead atoms. The Morgan fingerprint density at radius 3 is 2.49 bits per heavy atom. The fourth-order valence-electron chi connectivity index (χ4n) is 8.00. The highest BCUT2D eigenvalue weighted by Gasteiger charge is 2.28. The number of hydrogen-bond donors (Lipinski definition) is 2. The lowest BCUT2D eigenvalue weighted by atomic mass is 9.82. The van der Waals surface area contributed by atoms with Gasteiger partial charge in [-0.25, -0.2) is 23.7 Å². The van der Waals surface area contributed by atoms with Crippen LogP contribution < -0.4 is 10.1 Å². The van der Waals surface area contributed by atoms with Crippen molar-refractivity contribution in [3.8, 4) is 28.3 Å². The molecule has 0 unspecified atom stereocenters. The average Bonchev–Trinajstić information content (AvgIpc) is 3.62. The Hall–Kier alpha value is -4.89. The number of aliphatic hydroxyl groups excluding tert-OH is 1. The lowest BCUT2D eigenvalue weighted by Crippen LogP contribution is -2.30. The third-order valence-corrected chi connectivity index (χ3v) is 11.4. The van der Waals surface area contributed by atoms with Crippen LogP contribution in [-0.4, -0.2) is 92.8 Å². The molecule has 1 saturated heterocycles. The Balaban J connectivity index is 1.10. The summed E-state index contributed by atoms with van der Waals surface area (Å²) >= 11 is 7.15. The van der Waals surface area contributed by atoms with Gasteiger partial charge in [-0.2, -0.15) is 0 Å². The molecule has 5 aromatic rings. The number of halogens is 3. The Kier molecular flexibility index (Phi) is 12.5. The largest absolute Gasteiger partial charge is 0.480 e. The topological polar surface area (TPSA) is 139 Å². The van der Waals surface area contributed by atoms with Gasteiger partial charge in [0.2, 0.25) is 5.88 Å². The molecule has 57 heavy (non-hydrogen) atoms. The molecule has 1 aliphatic heterocycles. The summed E-state index contributed by atoms with van der Waals surface area (Å²) in [5, 5.41) is 13.7. The van der Waals surface area contributed by atoms with Gasteiger partial charge in [-0.05, 0) is 80.8 Å². The summed E-state index contributed by atoms with van der Waals surface area (Å²) in [7, 11) is 5.07. The fourth-order valence-corrected chi connectivity index (χ4v) is 8.32. The van der Waals surface area contributed by atoms with Gasteiger partial charge in [0.25, 0.3) is 6.43 Å². The molecule has 2 aliphatic rings. The van der Waals surface area contributed by atoms with E-state index in [0.717, 1.165) is 61.0 Å². The predicted molar refractivity (Wildman–Crippen MR) is 214 cm³/mol. The third kappa shape index (κ3) is 9.14. The number of esters is 1. The number of pyridine rings is 1. The molecule has 2 N–H and O–H groups in total. The van der Waals surface area contributed by atoms with E-state index >= 15 is 0 Å². The number of aliphatic hydroxyl groups is 1. The summed E-state index contributed by atoms with van der Waals surface area (Å²) in [5.41, 5.74) is 6.42. The number of nitrogens with zero attached hydrogens (tertiary/aromatic N) is 7. The van der Waals surface area contributed by atoms with Crippen LogP contribution in [0.3, 0.4) is 0 Å². The van der Waals surface area contributed by atoms with Gasteiger partial charge in [-0.1, -0.05) is 41.9 Å². The molecule has 2 fully saturated rings. The average molecular weight is 801 g/mol. The summed E-state index contributed by atoms with van der Waals surface area (Å²) in [5.74, 6) is 0.338. The molecule has 3 aromatic heterocycles. The first kappa shape index (κ1) is 40.3. The second-order valence-corrected chi connectivity index (χ2v) is 15.4. The van der Waals surface area contributed by atoms with Crippen LogP contribution in [0.1, 0.15) is 61.2 Å². The molecular weight excluding hydrogens is 754 g/mol. The number of carbonyl (C=O) groups is 1. The number of likely N-dealkylation sites (tertiary alicyclic amines) is 1. The van der Waals surface area contributed by atoms with E-state index in [1.165, 1.54) is 7.11 Å². The first-order valence-electron chi connectivity index (χ1n) is 19.2. The first-order chi connectivity index (χ1) is 27.5. The van der Waals surface area contributed by atoms with Crippen LogP contribution in [-0.2, 0) is 22.6 Å². The standard InChI is InChI=1S/C42H47ClF2N8O4/c1-24-29(7-6-10-32(24)48-39-37-33(49-40(51-39)38(44)45)17-26(18-47-37)21-53-16-15-28(54)22-53)30-8-5-9-31(36(30)43)34-19-46-35(41(50-34)56-3)23-52(2)20-25-11-13-27(14-12-25)42(55)57-4/h5-10,17-19,25,27-28,38,54H,11-16,20-23H2,1-4H3,(H,48,49,51)/t25?,27?,28-/m1/s1. The van der Waals surface area contributed by atoms with Gasteiger partial charge in [0.1, 0.15) is 11.2 Å². The van der Waals surface area contributed by atoms with E-state index < -0.39 is 12.2 Å². The summed E-state index contributed by atoms with van der Waals surface area (Å²) in [4.78, 5) is 38.8. The molecule has 0 spiro atoms. The van der Waals surface area contributed by atoms with E-state index in [0.29, 0.717) is 76.5 Å². The van der Waals surface area contributed by atoms with E-state index in [-0.39, 0.29) is 23.8 Å². The first-order valence-corrected chi connectivity index (χ1v) is 19.6. The normalized spacial score (nSPS) is 18.7. The summed E-state index contributed by atoms with van der Waals surface area (Å²) < 4.78 is 38.8. The molecule has 7 rings (SSSR count). The molecule has 0 amide bonds. The lowest BCUT2D eigenvalue weighted by molar-refractivity contribution is -0.146. The molecule has 1 atom stereocenters. The minimum atomic E-state index is -2.89. The molecule has 300 valence electrons. The van der Waals surface area contributed by atoms with Crippen LogP contribution in [0.4, 0.5) is 20.3 Å². The Morgan fingerprint density at radius 1 is 1.02 bits per heavy atom. The van der Waals surface area contributed by atoms with Crippen molar-refractivity contribution in [1.82, 2.24) is 34.7 Å². The van der Waals surface area contributed by atoms with Crippen molar-refractivity contribution in [1.29, 1.82) is 0 Å². The highest BCUT2D eigenvalue weighted by Crippen LogP contribution is 2.40. The SMILES string of the molecule is COC(=O)C1CCC(CN(C)Cc2ncc(-c3cccc(-c4cccc(Nc5nc(C(F)F)nc6cc(CN7CC[C@@H](O)C7)cnc56)c4C)c3Cl)nc2OC)CC1. The number of benzene rings is 2. The molecular formula is C42H47ClF2N8O4. The van der Waals surface area contributed by atoms with Gasteiger partial charge in [-0.3, -0.25) is 19.7 Å². The van der Waals surface area contributed by atoms with E-state index in [1.54, 1.807) is 25.6 Å². The minimum Gasteiger partial charge on any atom is -0.480 e. The Morgan fingerprint density at radius 2 is 1.77 bits per heavy atom. The van der Waals surface area contributed by atoms with Crippen molar-refractivity contribution in [2.75, 3.05) is 46.2 Å². The second kappa shape index (κ2) is 17.7. The zero-order valence-corrected chi connectivity index (χ0v) is 33.3. The van der Waals surface area contributed by atoms with Crippen LogP contribution in [0, 0.1) is 18.8 Å². The van der Waals surface area contributed by atoms with Crippen molar-refractivity contribution in [3.63, 3.8) is 0 Å². The Bertz CT molecular complexity index is 2240. The quantitative estimate of drug-likeness (QED) is 0.113. The van der Waals surface area contributed by atoms with Crippen molar-refractivity contribution >= 4 is 40.1 Å². The monoisotopic (exact) mass is 800 g/mol. The van der Waals surface area contributed by atoms with Gasteiger partial charge in [-0.15, -0.1) is 0 Å². The number of nitrogens with one attached hydrogen (secondary N) is 1. The summed E-state index contributed by atoms with van der Waals surface area (Å²) in [6.07, 6.45) is 4.47. The number of hydrogen-bond acceptors (Lipinski definition) is 12. The van der Waals surface area contributed by atoms with Crippen LogP contribution in [0.2, 0.25) is 5.02 Å². The minimum absolute atomic E-state index is 0.00632. The fraction of sp³-hybridized carbons (Fsp3) is 0.429. The van der Waals surface area contributed by atoms with Crippen LogP contribution in [0.5, 0.6) is 5.88 Å². The molecule has 2 aromatic carbocycles. The zero-order valence-electron chi connectivity index (χ0n) is 32.5. The van der Waals surface area contributed by atoms with E-state index in [2.05, 4.69) is 30.1 Å². The van der Waals surface area contributed by atoms with Crippen LogP contribution in [0.15, 0.2) is 54.9 Å². The van der Waals surface area contributed by atoms with Crippen molar-refractivity contribution in [2.24, 2.45) is 11.8 Å². The van der Waals surface area contributed by atoms with Crippen LogP contribution in [0.25, 0.3) is 33.4 Å². The van der Waals surface area contributed by atoms with Gasteiger partial charge in [0.05, 0.1) is 48.7 Å². The van der Waals surface area contributed by atoms with Crippen molar-refractivity contribution in [2.45, 2.75) is 64.6 Å². The number of alkyl halides is 2. The van der Waals surface area contributed by atoms with Crippen molar-refractivity contribution < 1.29 is 28.2 Å². The lowest BCUT2D eigenvalue weighted by Gasteiger charge is -2.30. The maximum atomic E-state index is 14.1. The molecule has 4 heterocycles. The number of β-amino-alcohol motifs (C(OH)–C–C–N with tert-alkyl or cyclic N) is 1. The molecule has 1 aliphatic carbocycles. The number of carbonyl (C=O) groups excluding carboxylic acids is 1. The highest BCUT2D eigenvalue weighted by molar-refractivity contribution is 6.36. The zero-order chi connectivity index (χ0) is 40.2. The summed E-state index contributed by atoms with van der Waals surface area (Å²) in [6, 6.07) is 13.1. The van der Waals surface area contributed by atoms with Gasteiger partial charge >= 0.3 is 5.97 Å². The number of ether oxygens (including phenoxy) is 2. The second-order valence-electron chi connectivity index (χ2n) is 15.0. The molecule has 12 nitrogen and oxygen atoms in total. The third-order valence-electron chi connectivity index (χ3n) is 11.0. The molecule has 15 heteroatoms. The van der Waals surface area contributed by atoms with Gasteiger partial charge < -0.3 is 24.8 Å². The predicted octanol–water partition coefficient (Wildman–Crippen LogP) is 7.78. The maximum Gasteiger partial charge on any atom is 0.308 e. The highest BCUT2D eigenvalue weighted by atomic mass is 35.5. The van der Waals surface area contributed by atoms with E-state index in [9.17, 15) is 18.7 Å². The van der Waals surface area contributed by atoms with E-state index in [4.69, 9.17) is 31.0 Å². The van der Waals surface area contributed by atoms with Gasteiger partial charge in [0.15, 0.2) is 11.6 Å². The van der Waals surface area contributed by atoms with E-state index in [1.807, 2.05) is 50.4 Å². The number of rotatable bonds is 13. The Labute approximate surface area is 335 Å². The molecule has 1 saturated carbocycles. The maximum absolute atomic E-state index is 14.1. The number of methoxy groups -OCH3 is 2. The number of anilines is 2. The number of fused-ring (bicyclic) bond motifs is 1. The van der Waals surface area contributed by atoms with Crippen molar-refractivity contribution in [3.05, 3.63) is 82.5 Å².